The predicted molar refractivity (Wildman–Crippen MR) is 26.9 cm³/mol. The largest absolute Gasteiger partial charge is 0.411 e. The fraction of sp³-hybridized carbons (Fsp3) is 1.00. The Morgan fingerprint density at radius 1 is 1.27 bits per heavy atom. The Bertz CT molecular complexity index is 205. The summed E-state index contributed by atoms with van der Waals surface area (Å²) in [5, 5.41) is 0. The molecule has 3 nitrogen and oxygen atoms in total. The van der Waals surface area contributed by atoms with E-state index in [0.29, 0.717) is 0 Å². The molecule has 11 heavy (non-hydrogen) atoms. The highest BCUT2D eigenvalue weighted by atomic mass is 32.3. The van der Waals surface area contributed by atoms with Crippen LogP contribution in [0, 0.1) is 0 Å². The minimum Gasteiger partial charge on any atom is -0.353 e. The summed E-state index contributed by atoms with van der Waals surface area (Å²) < 4.78 is 67.6. The Balaban J connectivity index is 3.61. The first-order chi connectivity index (χ1) is 4.71. The van der Waals surface area contributed by atoms with Crippen LogP contribution in [0.3, 0.4) is 0 Å². The lowest BCUT2D eigenvalue weighted by atomic mass is 10.7. The molecule has 0 aliphatic carbocycles. The Morgan fingerprint density at radius 3 is 2.00 bits per heavy atom. The monoisotopic (exact) mass is 196 g/mol. The molecule has 0 spiro atoms. The SMILES string of the molecule is O=S(=O)(F)COCC(F)(F)F. The number of halogens is 4. The van der Waals surface area contributed by atoms with Crippen molar-refractivity contribution in [2.24, 2.45) is 0 Å². The first-order valence-electron chi connectivity index (χ1n) is 2.27. The van der Waals surface area contributed by atoms with Gasteiger partial charge in [-0.2, -0.15) is 21.6 Å². The average Bonchev–Trinajstić information content (AvgIpc) is 1.55. The highest BCUT2D eigenvalue weighted by molar-refractivity contribution is 7.86. The molecular weight excluding hydrogens is 192 g/mol. The molecule has 0 N–H and O–H groups in total. The van der Waals surface area contributed by atoms with Crippen LogP contribution in [0.4, 0.5) is 17.1 Å². The van der Waals surface area contributed by atoms with Crippen molar-refractivity contribution in [2.75, 3.05) is 12.5 Å². The fourth-order valence-electron chi connectivity index (χ4n) is 0.257. The lowest BCUT2D eigenvalue weighted by Crippen LogP contribution is -2.19. The van der Waals surface area contributed by atoms with Crippen molar-refractivity contribution in [3.8, 4) is 0 Å². The summed E-state index contributed by atoms with van der Waals surface area (Å²) in [4.78, 5) is 0. The standard InChI is InChI=1S/C3H4F4O3S/c4-3(5,6)1-10-2-11(7,8)9/h1-2H2. The van der Waals surface area contributed by atoms with Gasteiger partial charge in [-0.05, 0) is 0 Å². The first kappa shape index (κ1) is 10.6. The van der Waals surface area contributed by atoms with Gasteiger partial charge >= 0.3 is 16.4 Å². The Kier molecular flexibility index (Phi) is 3.24. The summed E-state index contributed by atoms with van der Waals surface area (Å²) in [6.07, 6.45) is -4.63. The van der Waals surface area contributed by atoms with Gasteiger partial charge in [-0.1, -0.05) is 0 Å². The number of rotatable bonds is 3. The van der Waals surface area contributed by atoms with E-state index in [-0.39, 0.29) is 0 Å². The van der Waals surface area contributed by atoms with Gasteiger partial charge in [-0.3, -0.25) is 0 Å². The average molecular weight is 196 g/mol. The van der Waals surface area contributed by atoms with Gasteiger partial charge in [0.25, 0.3) is 0 Å². The molecule has 0 radical (unpaired) electrons. The molecule has 8 heteroatoms. The molecule has 0 saturated carbocycles. The van der Waals surface area contributed by atoms with Crippen LogP contribution in [0.5, 0.6) is 0 Å². The van der Waals surface area contributed by atoms with Crippen LogP contribution in [-0.4, -0.2) is 27.1 Å². The van der Waals surface area contributed by atoms with Gasteiger partial charge in [0.1, 0.15) is 6.61 Å². The van der Waals surface area contributed by atoms with Crippen molar-refractivity contribution in [1.82, 2.24) is 0 Å². The zero-order chi connectivity index (χ0) is 9.12. The maximum absolute atomic E-state index is 11.4. The van der Waals surface area contributed by atoms with Gasteiger partial charge in [0.2, 0.25) is 0 Å². The highest BCUT2D eigenvalue weighted by Gasteiger charge is 2.28. The molecule has 0 aliphatic rings. The predicted octanol–water partition coefficient (Wildman–Crippen LogP) is 0.822. The van der Waals surface area contributed by atoms with Crippen LogP contribution < -0.4 is 0 Å². The molecule has 0 aromatic carbocycles. The molecule has 0 amide bonds. The van der Waals surface area contributed by atoms with Crippen molar-refractivity contribution in [3.63, 3.8) is 0 Å². The van der Waals surface area contributed by atoms with Gasteiger partial charge in [0, 0.05) is 0 Å². The highest BCUT2D eigenvalue weighted by Crippen LogP contribution is 2.14. The Labute approximate surface area is 60.2 Å². The van der Waals surface area contributed by atoms with Crippen LogP contribution in [0.25, 0.3) is 0 Å². The zero-order valence-electron chi connectivity index (χ0n) is 5.06. The van der Waals surface area contributed by atoms with E-state index in [1.165, 1.54) is 0 Å². The van der Waals surface area contributed by atoms with E-state index in [9.17, 15) is 25.5 Å². The molecule has 0 atom stereocenters. The van der Waals surface area contributed by atoms with E-state index in [2.05, 4.69) is 4.74 Å². The number of ether oxygens (including phenoxy) is 1. The molecule has 68 valence electrons. The molecular formula is C3H4F4O3S. The third kappa shape index (κ3) is 9.63. The topological polar surface area (TPSA) is 43.4 Å². The second-order valence-corrected chi connectivity index (χ2v) is 2.93. The second-order valence-electron chi connectivity index (χ2n) is 1.62. The van der Waals surface area contributed by atoms with E-state index in [0.717, 1.165) is 0 Å². The van der Waals surface area contributed by atoms with Gasteiger partial charge in [-0.15, -0.1) is 3.89 Å². The van der Waals surface area contributed by atoms with Crippen molar-refractivity contribution < 1.29 is 30.2 Å². The minimum absolute atomic E-state index is 1.56. The van der Waals surface area contributed by atoms with E-state index in [4.69, 9.17) is 0 Å². The summed E-state index contributed by atoms with van der Waals surface area (Å²) in [6, 6.07) is 0. The van der Waals surface area contributed by atoms with E-state index >= 15 is 0 Å². The van der Waals surface area contributed by atoms with Crippen molar-refractivity contribution in [1.29, 1.82) is 0 Å². The minimum atomic E-state index is -4.97. The van der Waals surface area contributed by atoms with Gasteiger partial charge in [0.15, 0.2) is 5.94 Å². The summed E-state index contributed by atoms with van der Waals surface area (Å²) in [7, 11) is -4.97. The van der Waals surface area contributed by atoms with E-state index in [1.54, 1.807) is 0 Å². The molecule has 0 aromatic heterocycles. The molecule has 0 aromatic rings. The van der Waals surface area contributed by atoms with Gasteiger partial charge in [0.05, 0.1) is 0 Å². The zero-order valence-corrected chi connectivity index (χ0v) is 5.88. The Hall–Kier alpha value is -0.370. The fourth-order valence-corrected chi connectivity index (χ4v) is 0.539. The summed E-state index contributed by atoms with van der Waals surface area (Å²) in [5.74, 6) is -1.56. The molecule has 0 bridgehead atoms. The summed E-state index contributed by atoms with van der Waals surface area (Å²) in [5.41, 5.74) is 0. The van der Waals surface area contributed by atoms with Crippen molar-refractivity contribution in [3.05, 3.63) is 0 Å². The quantitative estimate of drug-likeness (QED) is 0.495. The Morgan fingerprint density at radius 2 is 1.73 bits per heavy atom. The lowest BCUT2D eigenvalue weighted by molar-refractivity contribution is -0.169. The van der Waals surface area contributed by atoms with Crippen molar-refractivity contribution in [2.45, 2.75) is 6.18 Å². The molecule has 0 heterocycles. The van der Waals surface area contributed by atoms with Crippen LogP contribution in [-0.2, 0) is 15.0 Å². The number of hydrogen-bond acceptors (Lipinski definition) is 3. The van der Waals surface area contributed by atoms with Crippen LogP contribution >= 0.6 is 0 Å². The van der Waals surface area contributed by atoms with E-state index in [1.807, 2.05) is 0 Å². The van der Waals surface area contributed by atoms with E-state index < -0.39 is 28.9 Å². The normalized spacial score (nSPS) is 13.5. The number of hydrogen-bond donors (Lipinski definition) is 0. The molecule has 0 fully saturated rings. The maximum Gasteiger partial charge on any atom is 0.411 e. The third-order valence-electron chi connectivity index (χ3n) is 0.490. The summed E-state index contributed by atoms with van der Waals surface area (Å²) in [6.45, 7) is -1.77. The van der Waals surface area contributed by atoms with Crippen LogP contribution in [0.15, 0.2) is 0 Å². The molecule has 0 rings (SSSR count). The number of alkyl halides is 3. The van der Waals surface area contributed by atoms with Gasteiger partial charge in [-0.25, -0.2) is 0 Å². The van der Waals surface area contributed by atoms with Crippen molar-refractivity contribution >= 4 is 10.2 Å². The molecule has 0 unspecified atom stereocenters. The maximum atomic E-state index is 11.4. The van der Waals surface area contributed by atoms with Gasteiger partial charge < -0.3 is 4.74 Å². The molecule has 0 saturated heterocycles. The second kappa shape index (κ2) is 3.35. The first-order valence-corrected chi connectivity index (χ1v) is 3.83. The van der Waals surface area contributed by atoms with Crippen LogP contribution in [0.2, 0.25) is 0 Å². The summed E-state index contributed by atoms with van der Waals surface area (Å²) >= 11 is 0. The lowest BCUT2D eigenvalue weighted by Gasteiger charge is -2.04. The smallest absolute Gasteiger partial charge is 0.353 e. The van der Waals surface area contributed by atoms with Crippen LogP contribution in [0.1, 0.15) is 0 Å². The molecule has 0 aliphatic heterocycles. The third-order valence-corrected chi connectivity index (χ3v) is 0.938.